The normalized spacial score (nSPS) is 15.9. The Kier molecular flexibility index (Phi) is 5.44. The van der Waals surface area contributed by atoms with Crippen molar-refractivity contribution in [1.82, 2.24) is 14.7 Å². The zero-order chi connectivity index (χ0) is 21.0. The fraction of sp³-hybridized carbons (Fsp3) is 0.280. The first-order valence-electron chi connectivity index (χ1n) is 10.8. The molecule has 0 spiro atoms. The minimum Gasteiger partial charge on any atom is -0.486 e. The van der Waals surface area contributed by atoms with Crippen molar-refractivity contribution in [2.45, 2.75) is 19.3 Å². The Labute approximate surface area is 181 Å². The molecule has 6 nitrogen and oxygen atoms in total. The summed E-state index contributed by atoms with van der Waals surface area (Å²) in [4.78, 5) is 14.6. The molecule has 2 aromatic carbocycles. The molecular weight excluding hydrogens is 390 g/mol. The number of hydrogen-bond acceptors (Lipinski definition) is 4. The van der Waals surface area contributed by atoms with Crippen molar-refractivity contribution in [3.8, 4) is 28.4 Å². The third kappa shape index (κ3) is 4.19. The highest BCUT2D eigenvalue weighted by Gasteiger charge is 2.18. The molecule has 158 valence electrons. The third-order valence-electron chi connectivity index (χ3n) is 5.65. The van der Waals surface area contributed by atoms with Crippen molar-refractivity contribution < 1.29 is 14.3 Å². The van der Waals surface area contributed by atoms with E-state index in [-0.39, 0.29) is 5.91 Å². The lowest BCUT2D eigenvalue weighted by molar-refractivity contribution is -0.126. The van der Waals surface area contributed by atoms with Crippen LogP contribution in [0.1, 0.15) is 24.8 Å². The lowest BCUT2D eigenvalue weighted by atomic mass is 10.1. The van der Waals surface area contributed by atoms with E-state index in [1.54, 1.807) is 6.08 Å². The van der Waals surface area contributed by atoms with Gasteiger partial charge in [0.2, 0.25) is 5.91 Å². The number of ether oxygens (including phenoxy) is 2. The maximum atomic E-state index is 12.7. The smallest absolute Gasteiger partial charge is 0.246 e. The van der Waals surface area contributed by atoms with Crippen LogP contribution in [0.5, 0.6) is 11.5 Å². The highest BCUT2D eigenvalue weighted by atomic mass is 16.6. The summed E-state index contributed by atoms with van der Waals surface area (Å²) in [7, 11) is 0. The van der Waals surface area contributed by atoms with E-state index in [1.165, 1.54) is 6.42 Å². The number of carbonyl (C=O) groups excluding carboxylic acids is 1. The van der Waals surface area contributed by atoms with Gasteiger partial charge >= 0.3 is 0 Å². The monoisotopic (exact) mass is 415 g/mol. The van der Waals surface area contributed by atoms with E-state index in [2.05, 4.69) is 0 Å². The highest BCUT2D eigenvalue weighted by molar-refractivity contribution is 5.93. The first kappa shape index (κ1) is 19.4. The van der Waals surface area contributed by atoms with Crippen molar-refractivity contribution in [3.05, 3.63) is 66.4 Å². The van der Waals surface area contributed by atoms with Crippen LogP contribution in [0.2, 0.25) is 0 Å². The molecule has 0 atom stereocenters. The van der Waals surface area contributed by atoms with Crippen LogP contribution in [0.15, 0.2) is 60.8 Å². The molecule has 1 amide bonds. The summed E-state index contributed by atoms with van der Waals surface area (Å²) in [6, 6.07) is 15.8. The van der Waals surface area contributed by atoms with E-state index in [0.29, 0.717) is 13.2 Å². The lowest BCUT2D eigenvalue weighted by Crippen LogP contribution is -2.34. The SMILES string of the molecule is O=C(/C=C/c1cn(-c2ccccc2)nc1-c1ccc2c(c1)OCCO2)N1CCCCC1. The number of para-hydroxylation sites is 1. The topological polar surface area (TPSA) is 56.6 Å². The Bertz CT molecular complexity index is 1100. The van der Waals surface area contributed by atoms with Gasteiger partial charge in [-0.15, -0.1) is 0 Å². The zero-order valence-corrected chi connectivity index (χ0v) is 17.4. The number of fused-ring (bicyclic) bond motifs is 1. The Balaban J connectivity index is 1.50. The molecular formula is C25H25N3O3. The fourth-order valence-electron chi connectivity index (χ4n) is 4.02. The van der Waals surface area contributed by atoms with Gasteiger partial charge in [-0.25, -0.2) is 4.68 Å². The minimum atomic E-state index is 0.0558. The molecule has 0 aliphatic carbocycles. The average molecular weight is 415 g/mol. The Morgan fingerprint density at radius 3 is 2.52 bits per heavy atom. The van der Waals surface area contributed by atoms with Crippen molar-refractivity contribution in [2.24, 2.45) is 0 Å². The van der Waals surface area contributed by atoms with Gasteiger partial charge in [0.1, 0.15) is 18.9 Å². The van der Waals surface area contributed by atoms with Crippen LogP contribution >= 0.6 is 0 Å². The van der Waals surface area contributed by atoms with E-state index in [0.717, 1.165) is 59.9 Å². The number of benzene rings is 2. The van der Waals surface area contributed by atoms with Crippen molar-refractivity contribution in [3.63, 3.8) is 0 Å². The van der Waals surface area contributed by atoms with Gasteiger partial charge in [-0.1, -0.05) is 18.2 Å². The number of amides is 1. The molecule has 0 unspecified atom stereocenters. The summed E-state index contributed by atoms with van der Waals surface area (Å²) < 4.78 is 13.3. The van der Waals surface area contributed by atoms with Crippen LogP contribution in [0.3, 0.4) is 0 Å². The summed E-state index contributed by atoms with van der Waals surface area (Å²) in [6.07, 6.45) is 8.85. The number of hydrogen-bond donors (Lipinski definition) is 0. The van der Waals surface area contributed by atoms with Crippen molar-refractivity contribution in [2.75, 3.05) is 26.3 Å². The van der Waals surface area contributed by atoms with Crippen LogP contribution in [0, 0.1) is 0 Å². The second kappa shape index (κ2) is 8.68. The number of rotatable bonds is 4. The zero-order valence-electron chi connectivity index (χ0n) is 17.4. The minimum absolute atomic E-state index is 0.0558. The number of piperidine rings is 1. The molecule has 31 heavy (non-hydrogen) atoms. The summed E-state index contributed by atoms with van der Waals surface area (Å²) >= 11 is 0. The molecule has 2 aliphatic rings. The average Bonchev–Trinajstić information content (AvgIpc) is 3.27. The molecule has 5 rings (SSSR count). The van der Waals surface area contributed by atoms with Crippen molar-refractivity contribution in [1.29, 1.82) is 0 Å². The number of carbonyl (C=O) groups is 1. The molecule has 3 aromatic rings. The first-order chi connectivity index (χ1) is 15.3. The molecule has 0 bridgehead atoms. The quantitative estimate of drug-likeness (QED) is 0.595. The summed E-state index contributed by atoms with van der Waals surface area (Å²) in [6.45, 7) is 2.76. The summed E-state index contributed by atoms with van der Waals surface area (Å²) in [5.74, 6) is 1.52. The predicted octanol–water partition coefficient (Wildman–Crippen LogP) is 4.34. The number of nitrogens with zero attached hydrogens (tertiary/aromatic N) is 3. The Morgan fingerprint density at radius 1 is 0.935 bits per heavy atom. The Hall–Kier alpha value is -3.54. The standard InChI is InChI=1S/C25H25N3O3/c29-24(27-13-5-2-6-14-27)12-10-20-18-28(21-7-3-1-4-8-21)26-25(20)19-9-11-22-23(17-19)31-16-15-30-22/h1,3-4,7-12,17-18H,2,5-6,13-16H2/b12-10+. The van der Waals surface area contributed by atoms with E-state index in [4.69, 9.17) is 14.6 Å². The molecule has 1 saturated heterocycles. The van der Waals surface area contributed by atoms with Crippen LogP contribution in [-0.2, 0) is 4.79 Å². The van der Waals surface area contributed by atoms with Crippen LogP contribution < -0.4 is 9.47 Å². The summed E-state index contributed by atoms with van der Waals surface area (Å²) in [5.41, 5.74) is 3.56. The third-order valence-corrected chi connectivity index (χ3v) is 5.65. The number of likely N-dealkylation sites (tertiary alicyclic amines) is 1. The Morgan fingerprint density at radius 2 is 1.71 bits per heavy atom. The van der Waals surface area contributed by atoms with Gasteiger partial charge in [0, 0.05) is 36.5 Å². The molecule has 1 fully saturated rings. The number of aromatic nitrogens is 2. The molecule has 3 heterocycles. The van der Waals surface area contributed by atoms with Gasteiger partial charge in [0.05, 0.1) is 5.69 Å². The van der Waals surface area contributed by atoms with Gasteiger partial charge < -0.3 is 14.4 Å². The first-order valence-corrected chi connectivity index (χ1v) is 10.8. The molecule has 6 heteroatoms. The van der Waals surface area contributed by atoms with E-state index in [9.17, 15) is 4.79 Å². The van der Waals surface area contributed by atoms with Gasteiger partial charge in [-0.3, -0.25) is 4.79 Å². The largest absolute Gasteiger partial charge is 0.486 e. The van der Waals surface area contributed by atoms with E-state index >= 15 is 0 Å². The van der Waals surface area contributed by atoms with Crippen LogP contribution in [0.25, 0.3) is 23.0 Å². The van der Waals surface area contributed by atoms with Gasteiger partial charge in [0.25, 0.3) is 0 Å². The van der Waals surface area contributed by atoms with Crippen LogP contribution in [0.4, 0.5) is 0 Å². The molecule has 0 N–H and O–H groups in total. The molecule has 0 radical (unpaired) electrons. The fourth-order valence-corrected chi connectivity index (χ4v) is 4.02. The van der Waals surface area contributed by atoms with Gasteiger partial charge in [-0.05, 0) is 55.7 Å². The second-order valence-electron chi connectivity index (χ2n) is 7.79. The highest BCUT2D eigenvalue weighted by Crippen LogP contribution is 2.35. The maximum Gasteiger partial charge on any atom is 0.246 e. The predicted molar refractivity (Wildman–Crippen MR) is 119 cm³/mol. The van der Waals surface area contributed by atoms with E-state index < -0.39 is 0 Å². The molecule has 2 aliphatic heterocycles. The summed E-state index contributed by atoms with van der Waals surface area (Å²) in [5, 5.41) is 4.83. The van der Waals surface area contributed by atoms with Gasteiger partial charge in [-0.2, -0.15) is 5.10 Å². The van der Waals surface area contributed by atoms with E-state index in [1.807, 2.05) is 70.4 Å². The molecule has 0 saturated carbocycles. The maximum absolute atomic E-state index is 12.7. The van der Waals surface area contributed by atoms with Crippen molar-refractivity contribution >= 4 is 12.0 Å². The lowest BCUT2D eigenvalue weighted by Gasteiger charge is -2.25. The molecule has 1 aromatic heterocycles. The van der Waals surface area contributed by atoms with Crippen LogP contribution in [-0.4, -0.2) is 46.9 Å². The van der Waals surface area contributed by atoms with Gasteiger partial charge in [0.15, 0.2) is 11.5 Å². The second-order valence-corrected chi connectivity index (χ2v) is 7.79.